The van der Waals surface area contributed by atoms with E-state index in [1.54, 1.807) is 14.2 Å². The van der Waals surface area contributed by atoms with Crippen LogP contribution in [0.25, 0.3) is 0 Å². The molecule has 0 unspecified atom stereocenters. The molecule has 1 aromatic rings. The fourth-order valence-corrected chi connectivity index (χ4v) is 1.40. The highest BCUT2D eigenvalue weighted by atomic mass is 16.5. The van der Waals surface area contributed by atoms with E-state index in [0.717, 1.165) is 11.3 Å². The van der Waals surface area contributed by atoms with E-state index in [1.165, 1.54) is 5.56 Å². The number of benzene rings is 1. The molecule has 3 nitrogen and oxygen atoms in total. The summed E-state index contributed by atoms with van der Waals surface area (Å²) >= 11 is 0. The van der Waals surface area contributed by atoms with Gasteiger partial charge in [-0.05, 0) is 23.6 Å². The number of amidine groups is 1. The summed E-state index contributed by atoms with van der Waals surface area (Å²) in [5, 5.41) is 0. The second-order valence-electron chi connectivity index (χ2n) is 3.72. The van der Waals surface area contributed by atoms with Gasteiger partial charge in [-0.1, -0.05) is 19.9 Å². The Morgan fingerprint density at radius 1 is 1.40 bits per heavy atom. The summed E-state index contributed by atoms with van der Waals surface area (Å²) < 4.78 is 5.30. The second-order valence-corrected chi connectivity index (χ2v) is 3.72. The minimum Gasteiger partial charge on any atom is -0.496 e. The lowest BCUT2D eigenvalue weighted by Gasteiger charge is -2.11. The summed E-state index contributed by atoms with van der Waals surface area (Å²) in [7, 11) is 3.32. The fourth-order valence-electron chi connectivity index (χ4n) is 1.40. The van der Waals surface area contributed by atoms with E-state index < -0.39 is 0 Å². The summed E-state index contributed by atoms with van der Waals surface area (Å²) in [6.45, 7) is 4.29. The molecule has 82 valence electrons. The SMILES string of the molecule is CN=C(N)c1ccc(C(C)C)cc1OC. The quantitative estimate of drug-likeness (QED) is 0.608. The molecule has 2 N–H and O–H groups in total. The zero-order chi connectivity index (χ0) is 11.4. The normalized spacial score (nSPS) is 11.9. The largest absolute Gasteiger partial charge is 0.496 e. The molecule has 0 saturated carbocycles. The molecular formula is C12H18N2O. The zero-order valence-electron chi connectivity index (χ0n) is 9.74. The van der Waals surface area contributed by atoms with Crippen molar-refractivity contribution in [1.82, 2.24) is 0 Å². The molecule has 0 heterocycles. The van der Waals surface area contributed by atoms with E-state index in [9.17, 15) is 0 Å². The van der Waals surface area contributed by atoms with Gasteiger partial charge in [-0.25, -0.2) is 0 Å². The van der Waals surface area contributed by atoms with Gasteiger partial charge in [-0.3, -0.25) is 4.99 Å². The Kier molecular flexibility index (Phi) is 3.72. The van der Waals surface area contributed by atoms with Crippen LogP contribution in [0.3, 0.4) is 0 Å². The number of rotatable bonds is 3. The predicted octanol–water partition coefficient (Wildman–Crippen LogP) is 2.15. The molecule has 3 heteroatoms. The average Bonchev–Trinajstić information content (AvgIpc) is 2.27. The number of ether oxygens (including phenoxy) is 1. The Morgan fingerprint density at radius 3 is 2.53 bits per heavy atom. The Morgan fingerprint density at radius 2 is 2.07 bits per heavy atom. The summed E-state index contributed by atoms with van der Waals surface area (Å²) in [5.41, 5.74) is 7.85. The maximum Gasteiger partial charge on any atom is 0.130 e. The van der Waals surface area contributed by atoms with Crippen LogP contribution in [-0.2, 0) is 0 Å². The van der Waals surface area contributed by atoms with Crippen molar-refractivity contribution >= 4 is 5.84 Å². The van der Waals surface area contributed by atoms with E-state index >= 15 is 0 Å². The van der Waals surface area contributed by atoms with Gasteiger partial charge in [-0.15, -0.1) is 0 Å². The Hall–Kier alpha value is -1.51. The van der Waals surface area contributed by atoms with Crippen LogP contribution >= 0.6 is 0 Å². The first-order valence-electron chi connectivity index (χ1n) is 5.00. The van der Waals surface area contributed by atoms with Gasteiger partial charge in [0, 0.05) is 7.05 Å². The molecular weight excluding hydrogens is 188 g/mol. The standard InChI is InChI=1S/C12H18N2O/c1-8(2)9-5-6-10(12(13)14-3)11(7-9)15-4/h5-8H,1-4H3,(H2,13,14). The Bertz CT molecular complexity index is 370. The van der Waals surface area contributed by atoms with Crippen molar-refractivity contribution in [2.75, 3.05) is 14.2 Å². The smallest absolute Gasteiger partial charge is 0.130 e. The lowest BCUT2D eigenvalue weighted by molar-refractivity contribution is 0.413. The third kappa shape index (κ3) is 2.49. The molecule has 1 aromatic carbocycles. The first-order valence-corrected chi connectivity index (χ1v) is 5.00. The lowest BCUT2D eigenvalue weighted by Crippen LogP contribution is -2.14. The minimum absolute atomic E-state index is 0.479. The summed E-state index contributed by atoms with van der Waals surface area (Å²) in [5.74, 6) is 1.76. The highest BCUT2D eigenvalue weighted by molar-refractivity contribution is 5.99. The van der Waals surface area contributed by atoms with Crippen LogP contribution in [-0.4, -0.2) is 20.0 Å². The van der Waals surface area contributed by atoms with Gasteiger partial charge < -0.3 is 10.5 Å². The van der Waals surface area contributed by atoms with Crippen molar-refractivity contribution in [2.45, 2.75) is 19.8 Å². The number of aliphatic imine (C=N–C) groups is 1. The summed E-state index contributed by atoms with van der Waals surface area (Å²) in [6, 6.07) is 6.02. The maximum atomic E-state index is 5.77. The van der Waals surface area contributed by atoms with E-state index in [-0.39, 0.29) is 0 Å². The molecule has 0 aromatic heterocycles. The van der Waals surface area contributed by atoms with E-state index in [0.29, 0.717) is 11.8 Å². The topological polar surface area (TPSA) is 47.6 Å². The molecule has 1 rings (SSSR count). The van der Waals surface area contributed by atoms with Crippen molar-refractivity contribution in [3.8, 4) is 5.75 Å². The molecule has 0 saturated heterocycles. The average molecular weight is 206 g/mol. The maximum absolute atomic E-state index is 5.77. The van der Waals surface area contributed by atoms with Crippen molar-refractivity contribution < 1.29 is 4.74 Å². The molecule has 0 aliphatic rings. The van der Waals surface area contributed by atoms with Crippen molar-refractivity contribution in [2.24, 2.45) is 10.7 Å². The van der Waals surface area contributed by atoms with Gasteiger partial charge in [0.05, 0.1) is 12.7 Å². The minimum atomic E-state index is 0.479. The van der Waals surface area contributed by atoms with Crippen LogP contribution in [0.4, 0.5) is 0 Å². The molecule has 0 atom stereocenters. The van der Waals surface area contributed by atoms with Crippen LogP contribution < -0.4 is 10.5 Å². The highest BCUT2D eigenvalue weighted by Gasteiger charge is 2.08. The molecule has 0 radical (unpaired) electrons. The number of methoxy groups -OCH3 is 1. The van der Waals surface area contributed by atoms with Gasteiger partial charge >= 0.3 is 0 Å². The lowest BCUT2D eigenvalue weighted by atomic mass is 10.0. The van der Waals surface area contributed by atoms with Gasteiger partial charge in [0.1, 0.15) is 11.6 Å². The Labute approximate surface area is 91.0 Å². The van der Waals surface area contributed by atoms with E-state index in [1.807, 2.05) is 12.1 Å². The number of hydrogen-bond acceptors (Lipinski definition) is 2. The van der Waals surface area contributed by atoms with Crippen LogP contribution in [0.15, 0.2) is 23.2 Å². The Balaban J connectivity index is 3.21. The van der Waals surface area contributed by atoms with Gasteiger partial charge in [-0.2, -0.15) is 0 Å². The molecule has 0 aliphatic carbocycles. The van der Waals surface area contributed by atoms with Crippen LogP contribution in [0, 0.1) is 0 Å². The number of nitrogens with zero attached hydrogens (tertiary/aromatic N) is 1. The van der Waals surface area contributed by atoms with Crippen molar-refractivity contribution in [3.63, 3.8) is 0 Å². The molecule has 0 bridgehead atoms. The first kappa shape index (κ1) is 11.6. The third-order valence-corrected chi connectivity index (χ3v) is 2.41. The molecule has 15 heavy (non-hydrogen) atoms. The molecule has 0 spiro atoms. The molecule has 0 amide bonds. The van der Waals surface area contributed by atoms with Crippen molar-refractivity contribution in [3.05, 3.63) is 29.3 Å². The monoisotopic (exact) mass is 206 g/mol. The summed E-state index contributed by atoms with van der Waals surface area (Å²) in [4.78, 5) is 3.96. The van der Waals surface area contributed by atoms with Gasteiger partial charge in [0.15, 0.2) is 0 Å². The first-order chi connectivity index (χ1) is 7.10. The number of hydrogen-bond donors (Lipinski definition) is 1. The number of nitrogens with two attached hydrogens (primary N) is 1. The van der Waals surface area contributed by atoms with Crippen LogP contribution in [0.1, 0.15) is 30.9 Å². The highest BCUT2D eigenvalue weighted by Crippen LogP contribution is 2.24. The van der Waals surface area contributed by atoms with Crippen molar-refractivity contribution in [1.29, 1.82) is 0 Å². The zero-order valence-corrected chi connectivity index (χ0v) is 9.74. The molecule has 0 fully saturated rings. The second kappa shape index (κ2) is 4.82. The third-order valence-electron chi connectivity index (χ3n) is 2.41. The fraction of sp³-hybridized carbons (Fsp3) is 0.417. The summed E-state index contributed by atoms with van der Waals surface area (Å²) in [6.07, 6.45) is 0. The van der Waals surface area contributed by atoms with E-state index in [4.69, 9.17) is 10.5 Å². The molecule has 0 aliphatic heterocycles. The van der Waals surface area contributed by atoms with E-state index in [2.05, 4.69) is 24.9 Å². The predicted molar refractivity (Wildman–Crippen MR) is 63.7 cm³/mol. The van der Waals surface area contributed by atoms with Gasteiger partial charge in [0.25, 0.3) is 0 Å². The van der Waals surface area contributed by atoms with Crippen LogP contribution in [0.2, 0.25) is 0 Å². The van der Waals surface area contributed by atoms with Gasteiger partial charge in [0.2, 0.25) is 0 Å². The van der Waals surface area contributed by atoms with Crippen LogP contribution in [0.5, 0.6) is 5.75 Å².